The van der Waals surface area contributed by atoms with Gasteiger partial charge in [-0.15, -0.1) is 0 Å². The van der Waals surface area contributed by atoms with Crippen molar-refractivity contribution in [3.05, 3.63) is 71.3 Å². The van der Waals surface area contributed by atoms with Crippen molar-refractivity contribution in [2.75, 3.05) is 0 Å². The summed E-state index contributed by atoms with van der Waals surface area (Å²) in [5, 5.41) is 0. The van der Waals surface area contributed by atoms with E-state index in [4.69, 9.17) is 0 Å². The van der Waals surface area contributed by atoms with Gasteiger partial charge in [0.25, 0.3) is 0 Å². The Morgan fingerprint density at radius 1 is 0.611 bits per heavy atom. The van der Waals surface area contributed by atoms with Crippen molar-refractivity contribution in [2.45, 2.75) is 9.65 Å². The zero-order chi connectivity index (χ0) is 13.1. The predicted molar refractivity (Wildman–Crippen MR) is 76.1 cm³/mol. The first-order valence-corrected chi connectivity index (χ1v) is 7.20. The summed E-state index contributed by atoms with van der Waals surface area (Å²) in [5.41, 5.74) is 1.92. The maximum Gasteiger partial charge on any atom is 0.123 e. The Bertz CT molecular complexity index is 459. The third-order valence-electron chi connectivity index (χ3n) is 2.63. The summed E-state index contributed by atoms with van der Waals surface area (Å²) < 4.78 is 25.7. The summed E-state index contributed by atoms with van der Waals surface area (Å²) in [7, 11) is 0. The molecule has 2 aromatic rings. The molecule has 0 unspecified atom stereocenters. The smallest absolute Gasteiger partial charge is 0.123 e. The zero-order valence-electron chi connectivity index (χ0n) is 9.29. The van der Waals surface area contributed by atoms with Crippen molar-refractivity contribution in [3.8, 4) is 0 Å². The lowest BCUT2D eigenvalue weighted by atomic mass is 10.0. The van der Waals surface area contributed by atoms with Crippen LogP contribution in [0.1, 0.15) is 20.8 Å². The second-order valence-corrected chi connectivity index (χ2v) is 5.88. The number of halogens is 4. The molecule has 18 heavy (non-hydrogen) atoms. The van der Waals surface area contributed by atoms with E-state index in [1.807, 2.05) is 0 Å². The van der Waals surface area contributed by atoms with Crippen LogP contribution in [0.2, 0.25) is 0 Å². The fourth-order valence-corrected chi connectivity index (χ4v) is 2.85. The van der Waals surface area contributed by atoms with Crippen LogP contribution in [0.5, 0.6) is 0 Å². The second kappa shape index (κ2) is 5.93. The van der Waals surface area contributed by atoms with Gasteiger partial charge in [0.1, 0.15) is 11.6 Å². The molecule has 0 N–H and O–H groups in total. The molecule has 0 radical (unpaired) electrons. The van der Waals surface area contributed by atoms with Crippen LogP contribution in [0.3, 0.4) is 0 Å². The maximum atomic E-state index is 12.8. The van der Waals surface area contributed by atoms with Crippen LogP contribution in [0.25, 0.3) is 0 Å². The van der Waals surface area contributed by atoms with Gasteiger partial charge in [0.05, 0.1) is 9.65 Å². The van der Waals surface area contributed by atoms with E-state index >= 15 is 0 Å². The quantitative estimate of drug-likeness (QED) is 0.618. The first-order valence-electron chi connectivity index (χ1n) is 5.37. The van der Waals surface area contributed by atoms with E-state index in [0.29, 0.717) is 0 Å². The van der Waals surface area contributed by atoms with Gasteiger partial charge in [0.15, 0.2) is 0 Å². The van der Waals surface area contributed by atoms with E-state index in [0.717, 1.165) is 11.1 Å². The summed E-state index contributed by atoms with van der Waals surface area (Å²) in [5.74, 6) is -0.516. The van der Waals surface area contributed by atoms with Crippen LogP contribution >= 0.6 is 31.9 Å². The molecule has 2 atom stereocenters. The van der Waals surface area contributed by atoms with E-state index in [1.165, 1.54) is 24.3 Å². The average molecular weight is 376 g/mol. The summed E-state index contributed by atoms with van der Waals surface area (Å²) in [4.78, 5) is -0.0212. The Balaban J connectivity index is 2.20. The van der Waals surface area contributed by atoms with Crippen molar-refractivity contribution < 1.29 is 8.78 Å². The van der Waals surface area contributed by atoms with Crippen molar-refractivity contribution in [1.29, 1.82) is 0 Å². The third kappa shape index (κ3) is 3.18. The van der Waals surface area contributed by atoms with E-state index in [2.05, 4.69) is 31.9 Å². The summed E-state index contributed by atoms with van der Waals surface area (Å²) in [6.45, 7) is 0. The van der Waals surface area contributed by atoms with Gasteiger partial charge in [0.2, 0.25) is 0 Å². The topological polar surface area (TPSA) is 0 Å². The fourth-order valence-electron chi connectivity index (χ4n) is 1.63. The number of benzene rings is 2. The lowest BCUT2D eigenvalue weighted by Gasteiger charge is -2.17. The highest BCUT2D eigenvalue weighted by molar-refractivity contribution is 9.12. The molecule has 0 nitrogen and oxygen atoms in total. The van der Waals surface area contributed by atoms with Gasteiger partial charge in [0, 0.05) is 0 Å². The molecule has 0 spiro atoms. The molecule has 0 fully saturated rings. The van der Waals surface area contributed by atoms with Crippen molar-refractivity contribution >= 4 is 31.9 Å². The minimum Gasteiger partial charge on any atom is -0.207 e. The summed E-state index contributed by atoms with van der Waals surface area (Å²) >= 11 is 7.14. The highest BCUT2D eigenvalue weighted by Crippen LogP contribution is 2.42. The molecule has 2 rings (SSSR count). The highest BCUT2D eigenvalue weighted by Gasteiger charge is 2.19. The molecule has 0 aliphatic heterocycles. The van der Waals surface area contributed by atoms with Crippen LogP contribution in [-0.2, 0) is 0 Å². The second-order valence-electron chi connectivity index (χ2n) is 3.91. The van der Waals surface area contributed by atoms with Gasteiger partial charge < -0.3 is 0 Å². The number of rotatable bonds is 3. The molecule has 4 heteroatoms. The first-order chi connectivity index (χ1) is 8.58. The SMILES string of the molecule is Fc1ccc([C@@H](Br)[C@@H](Br)c2ccc(F)cc2)cc1. The van der Waals surface area contributed by atoms with E-state index in [1.54, 1.807) is 24.3 Å². The van der Waals surface area contributed by atoms with E-state index < -0.39 is 0 Å². The Labute approximate surface area is 121 Å². The molecule has 0 aliphatic carbocycles. The predicted octanol–water partition coefficient (Wildman–Crippen LogP) is 5.54. The van der Waals surface area contributed by atoms with E-state index in [9.17, 15) is 8.78 Å². The van der Waals surface area contributed by atoms with Crippen LogP contribution in [0.4, 0.5) is 8.78 Å². The third-order valence-corrected chi connectivity index (χ3v) is 5.46. The molecule has 0 amide bonds. The largest absolute Gasteiger partial charge is 0.207 e. The van der Waals surface area contributed by atoms with Gasteiger partial charge in [-0.05, 0) is 35.4 Å². The fraction of sp³-hybridized carbons (Fsp3) is 0.143. The van der Waals surface area contributed by atoms with Crippen LogP contribution < -0.4 is 0 Å². The highest BCUT2D eigenvalue weighted by atomic mass is 79.9. The normalized spacial score (nSPS) is 14.2. The van der Waals surface area contributed by atoms with Crippen LogP contribution in [-0.4, -0.2) is 0 Å². The van der Waals surface area contributed by atoms with Crippen molar-refractivity contribution in [3.63, 3.8) is 0 Å². The number of hydrogen-bond donors (Lipinski definition) is 0. The Morgan fingerprint density at radius 2 is 0.889 bits per heavy atom. The maximum absolute atomic E-state index is 12.8. The standard InChI is InChI=1S/C14H10Br2F2/c15-13(9-1-5-11(17)6-2-9)14(16)10-3-7-12(18)8-4-10/h1-8,13-14H/t13-,14+. The van der Waals surface area contributed by atoms with Gasteiger partial charge >= 0.3 is 0 Å². The Kier molecular flexibility index (Phi) is 4.51. The minimum absolute atomic E-state index is 0.0106. The number of alkyl halides is 2. The Morgan fingerprint density at radius 3 is 1.17 bits per heavy atom. The molecule has 0 heterocycles. The molecule has 0 aliphatic rings. The lowest BCUT2D eigenvalue weighted by molar-refractivity contribution is 0.625. The van der Waals surface area contributed by atoms with Gasteiger partial charge in [-0.1, -0.05) is 56.1 Å². The lowest BCUT2D eigenvalue weighted by Crippen LogP contribution is -1.99. The first kappa shape index (κ1) is 13.7. The van der Waals surface area contributed by atoms with Crippen LogP contribution in [0.15, 0.2) is 48.5 Å². The van der Waals surface area contributed by atoms with Crippen molar-refractivity contribution in [1.82, 2.24) is 0 Å². The zero-order valence-corrected chi connectivity index (χ0v) is 12.5. The van der Waals surface area contributed by atoms with Crippen molar-refractivity contribution in [2.24, 2.45) is 0 Å². The summed E-state index contributed by atoms with van der Waals surface area (Å²) in [6.07, 6.45) is 0. The molecule has 0 saturated heterocycles. The molecular weight excluding hydrogens is 366 g/mol. The van der Waals surface area contributed by atoms with Gasteiger partial charge in [-0.2, -0.15) is 0 Å². The molecule has 94 valence electrons. The van der Waals surface area contributed by atoms with Gasteiger partial charge in [-0.25, -0.2) is 8.78 Å². The summed E-state index contributed by atoms with van der Waals surface area (Å²) in [6, 6.07) is 12.6. The molecular formula is C14H10Br2F2. The molecule has 2 aromatic carbocycles. The minimum atomic E-state index is -0.258. The molecule has 0 aromatic heterocycles. The average Bonchev–Trinajstić information content (AvgIpc) is 2.39. The monoisotopic (exact) mass is 374 g/mol. The van der Waals surface area contributed by atoms with Crippen LogP contribution in [0, 0.1) is 11.6 Å². The Hall–Kier alpha value is -0.740. The van der Waals surface area contributed by atoms with E-state index in [-0.39, 0.29) is 21.3 Å². The number of hydrogen-bond acceptors (Lipinski definition) is 0. The molecule has 0 bridgehead atoms. The van der Waals surface area contributed by atoms with Gasteiger partial charge in [-0.3, -0.25) is 0 Å². The molecule has 0 saturated carbocycles.